The van der Waals surface area contributed by atoms with E-state index in [2.05, 4.69) is 11.9 Å². The summed E-state index contributed by atoms with van der Waals surface area (Å²) in [6, 6.07) is 6.32. The van der Waals surface area contributed by atoms with Crippen LogP contribution < -0.4 is 4.74 Å². The van der Waals surface area contributed by atoms with Crippen LogP contribution >= 0.6 is 0 Å². The third-order valence-corrected chi connectivity index (χ3v) is 4.21. The van der Waals surface area contributed by atoms with Gasteiger partial charge in [0, 0.05) is 11.6 Å². The average Bonchev–Trinajstić information content (AvgIpc) is 2.42. The van der Waals surface area contributed by atoms with Gasteiger partial charge in [-0.2, -0.15) is 0 Å². The summed E-state index contributed by atoms with van der Waals surface area (Å²) in [6.07, 6.45) is 5.01. The number of hydrogen-bond donors (Lipinski definition) is 0. The molecule has 1 aliphatic heterocycles. The van der Waals surface area contributed by atoms with Gasteiger partial charge in [0.2, 0.25) is 0 Å². The molecule has 110 valence electrons. The third kappa shape index (κ3) is 3.83. The van der Waals surface area contributed by atoms with Crippen LogP contribution in [0.5, 0.6) is 5.75 Å². The Balaban J connectivity index is 1.86. The lowest BCUT2D eigenvalue weighted by molar-refractivity contribution is 0.101. The first-order valence-corrected chi connectivity index (χ1v) is 7.52. The molecule has 3 heteroatoms. The number of hydrogen-bond acceptors (Lipinski definition) is 3. The van der Waals surface area contributed by atoms with Gasteiger partial charge in [-0.25, -0.2) is 0 Å². The lowest BCUT2D eigenvalue weighted by atomic mass is 10.0. The monoisotopic (exact) mass is 275 g/mol. The molecular formula is C17H25NO2. The summed E-state index contributed by atoms with van der Waals surface area (Å²) in [5, 5.41) is 0. The molecule has 0 amide bonds. The molecule has 0 N–H and O–H groups in total. The third-order valence-electron chi connectivity index (χ3n) is 4.21. The first-order valence-electron chi connectivity index (χ1n) is 7.52. The summed E-state index contributed by atoms with van der Waals surface area (Å²) in [7, 11) is 2.21. The standard InChI is InChI=1S/C17H25NO2/c1-13-12-15(14(2)19)7-8-17(13)20-11-9-16-6-4-5-10-18(16)3/h7-8,12,16H,4-6,9-11H2,1-3H3. The minimum absolute atomic E-state index is 0.100. The predicted molar refractivity (Wildman–Crippen MR) is 81.6 cm³/mol. The lowest BCUT2D eigenvalue weighted by Crippen LogP contribution is -2.37. The molecule has 1 aromatic rings. The molecule has 0 aliphatic carbocycles. The molecule has 0 radical (unpaired) electrons. The van der Waals surface area contributed by atoms with Crippen molar-refractivity contribution in [3.8, 4) is 5.75 Å². The van der Waals surface area contributed by atoms with E-state index in [4.69, 9.17) is 4.74 Å². The Kier molecular flexibility index (Phi) is 5.18. The second kappa shape index (κ2) is 6.89. The molecule has 0 bridgehead atoms. The van der Waals surface area contributed by atoms with Crippen molar-refractivity contribution in [1.82, 2.24) is 4.90 Å². The first-order chi connectivity index (χ1) is 9.58. The van der Waals surface area contributed by atoms with Crippen LogP contribution in [0.25, 0.3) is 0 Å². The van der Waals surface area contributed by atoms with Crippen LogP contribution in [0.1, 0.15) is 48.5 Å². The molecule has 0 saturated carbocycles. The van der Waals surface area contributed by atoms with Gasteiger partial charge in [0.1, 0.15) is 5.75 Å². The van der Waals surface area contributed by atoms with Gasteiger partial charge in [-0.3, -0.25) is 4.79 Å². The summed E-state index contributed by atoms with van der Waals surface area (Å²) < 4.78 is 5.88. The fourth-order valence-corrected chi connectivity index (χ4v) is 2.84. The highest BCUT2D eigenvalue weighted by Crippen LogP contribution is 2.21. The topological polar surface area (TPSA) is 29.5 Å². The van der Waals surface area contributed by atoms with E-state index in [1.807, 2.05) is 25.1 Å². The summed E-state index contributed by atoms with van der Waals surface area (Å²) in [6.45, 7) is 5.54. The molecule has 0 aromatic heterocycles. The minimum atomic E-state index is 0.100. The van der Waals surface area contributed by atoms with Crippen molar-refractivity contribution in [2.24, 2.45) is 0 Å². The van der Waals surface area contributed by atoms with E-state index >= 15 is 0 Å². The number of piperidine rings is 1. The van der Waals surface area contributed by atoms with Gasteiger partial charge < -0.3 is 9.64 Å². The number of aryl methyl sites for hydroxylation is 1. The summed E-state index contributed by atoms with van der Waals surface area (Å²) in [4.78, 5) is 13.8. The highest BCUT2D eigenvalue weighted by atomic mass is 16.5. The van der Waals surface area contributed by atoms with Crippen LogP contribution in [0.15, 0.2) is 18.2 Å². The molecule has 1 atom stereocenters. The van der Waals surface area contributed by atoms with E-state index in [1.165, 1.54) is 25.8 Å². The molecule has 20 heavy (non-hydrogen) atoms. The molecule has 3 nitrogen and oxygen atoms in total. The molecule has 1 aromatic carbocycles. The maximum atomic E-state index is 11.3. The van der Waals surface area contributed by atoms with E-state index in [0.717, 1.165) is 29.9 Å². The van der Waals surface area contributed by atoms with Crippen LogP contribution in [0.4, 0.5) is 0 Å². The second-order valence-corrected chi connectivity index (χ2v) is 5.80. The Morgan fingerprint density at radius 3 is 2.85 bits per heavy atom. The van der Waals surface area contributed by atoms with Gasteiger partial charge in [-0.1, -0.05) is 6.42 Å². The Bertz CT molecular complexity index is 470. The van der Waals surface area contributed by atoms with Crippen molar-refractivity contribution in [2.75, 3.05) is 20.2 Å². The summed E-state index contributed by atoms with van der Waals surface area (Å²) >= 11 is 0. The maximum Gasteiger partial charge on any atom is 0.159 e. The average molecular weight is 275 g/mol. The van der Waals surface area contributed by atoms with Crippen molar-refractivity contribution < 1.29 is 9.53 Å². The number of carbonyl (C=O) groups is 1. The first kappa shape index (κ1) is 15.0. The fourth-order valence-electron chi connectivity index (χ4n) is 2.84. The van der Waals surface area contributed by atoms with E-state index in [0.29, 0.717) is 6.04 Å². The number of benzene rings is 1. The Morgan fingerprint density at radius 2 is 2.20 bits per heavy atom. The van der Waals surface area contributed by atoms with Crippen LogP contribution in [-0.4, -0.2) is 36.9 Å². The number of ether oxygens (including phenoxy) is 1. The molecule has 1 fully saturated rings. The Hall–Kier alpha value is -1.35. The quantitative estimate of drug-likeness (QED) is 0.771. The van der Waals surface area contributed by atoms with Gasteiger partial charge in [-0.05, 0) is 70.5 Å². The number of rotatable bonds is 5. The minimum Gasteiger partial charge on any atom is -0.493 e. The zero-order valence-electron chi connectivity index (χ0n) is 12.8. The van der Waals surface area contributed by atoms with Crippen molar-refractivity contribution in [3.05, 3.63) is 29.3 Å². The van der Waals surface area contributed by atoms with Gasteiger partial charge in [0.05, 0.1) is 6.61 Å². The van der Waals surface area contributed by atoms with Gasteiger partial charge >= 0.3 is 0 Å². The van der Waals surface area contributed by atoms with Crippen LogP contribution in [0.3, 0.4) is 0 Å². The van der Waals surface area contributed by atoms with E-state index in [-0.39, 0.29) is 5.78 Å². The van der Waals surface area contributed by atoms with Crippen molar-refractivity contribution in [3.63, 3.8) is 0 Å². The Morgan fingerprint density at radius 1 is 1.40 bits per heavy atom. The van der Waals surface area contributed by atoms with Crippen molar-refractivity contribution >= 4 is 5.78 Å². The molecule has 2 rings (SSSR count). The van der Waals surface area contributed by atoms with E-state index < -0.39 is 0 Å². The molecule has 1 aliphatic rings. The Labute approximate surface area is 121 Å². The van der Waals surface area contributed by atoms with E-state index in [9.17, 15) is 4.79 Å². The largest absolute Gasteiger partial charge is 0.493 e. The highest BCUT2D eigenvalue weighted by Gasteiger charge is 2.18. The number of nitrogens with zero attached hydrogens (tertiary/aromatic N) is 1. The zero-order valence-corrected chi connectivity index (χ0v) is 12.8. The zero-order chi connectivity index (χ0) is 14.5. The predicted octanol–water partition coefficient (Wildman–Crippen LogP) is 3.45. The van der Waals surface area contributed by atoms with Gasteiger partial charge in [0.15, 0.2) is 5.78 Å². The number of ketones is 1. The van der Waals surface area contributed by atoms with Crippen LogP contribution in [0, 0.1) is 6.92 Å². The highest BCUT2D eigenvalue weighted by molar-refractivity contribution is 5.94. The number of carbonyl (C=O) groups excluding carboxylic acids is 1. The summed E-state index contributed by atoms with van der Waals surface area (Å²) in [5.74, 6) is 0.997. The molecule has 1 saturated heterocycles. The SMILES string of the molecule is CC(=O)c1ccc(OCCC2CCCCN2C)c(C)c1. The smallest absolute Gasteiger partial charge is 0.159 e. The number of likely N-dealkylation sites (tertiary alicyclic amines) is 1. The van der Waals surface area contributed by atoms with E-state index in [1.54, 1.807) is 6.92 Å². The fraction of sp³-hybridized carbons (Fsp3) is 0.588. The number of Topliss-reactive ketones (excluding diaryl/α,β-unsaturated/α-hetero) is 1. The summed E-state index contributed by atoms with van der Waals surface area (Å²) in [5.41, 5.74) is 1.79. The molecule has 1 unspecified atom stereocenters. The van der Waals surface area contributed by atoms with Crippen LogP contribution in [-0.2, 0) is 0 Å². The normalized spacial score (nSPS) is 19.9. The molecular weight excluding hydrogens is 250 g/mol. The van der Waals surface area contributed by atoms with Crippen molar-refractivity contribution in [1.29, 1.82) is 0 Å². The van der Waals surface area contributed by atoms with Crippen molar-refractivity contribution in [2.45, 2.75) is 45.6 Å². The van der Waals surface area contributed by atoms with Gasteiger partial charge in [-0.15, -0.1) is 0 Å². The second-order valence-electron chi connectivity index (χ2n) is 5.80. The lowest BCUT2D eigenvalue weighted by Gasteiger charge is -2.32. The molecule has 0 spiro atoms. The van der Waals surface area contributed by atoms with Gasteiger partial charge in [0.25, 0.3) is 0 Å². The maximum absolute atomic E-state index is 11.3. The van der Waals surface area contributed by atoms with Crippen LogP contribution in [0.2, 0.25) is 0 Å². The molecule has 1 heterocycles.